The van der Waals surface area contributed by atoms with Gasteiger partial charge in [0.15, 0.2) is 0 Å². The van der Waals surface area contributed by atoms with Gasteiger partial charge in [0, 0.05) is 38.8 Å². The number of nitrogens with zero attached hydrogens (tertiary/aromatic N) is 3. The first kappa shape index (κ1) is 27.1. The molecule has 1 atom stereocenters. The summed E-state index contributed by atoms with van der Waals surface area (Å²) in [5.41, 5.74) is 5.15. The van der Waals surface area contributed by atoms with E-state index in [-0.39, 0.29) is 0 Å². The number of ether oxygens (including phenoxy) is 1. The van der Waals surface area contributed by atoms with Crippen LogP contribution >= 0.6 is 0 Å². The summed E-state index contributed by atoms with van der Waals surface area (Å²) in [5.74, 6) is 0.907. The predicted octanol–water partition coefficient (Wildman–Crippen LogP) is 6.22. The van der Waals surface area contributed by atoms with Crippen LogP contribution in [0.5, 0.6) is 5.75 Å². The minimum atomic E-state index is 0.318. The van der Waals surface area contributed by atoms with E-state index in [1.165, 1.54) is 67.8 Å². The maximum Gasteiger partial charge on any atom is 0.118 e. The summed E-state index contributed by atoms with van der Waals surface area (Å²) in [6.07, 6.45) is 4.86. The van der Waals surface area contributed by atoms with Gasteiger partial charge < -0.3 is 14.5 Å². The molecule has 3 aromatic carbocycles. The van der Waals surface area contributed by atoms with Crippen molar-refractivity contribution in [2.75, 3.05) is 60.0 Å². The van der Waals surface area contributed by atoms with Gasteiger partial charge in [-0.2, -0.15) is 0 Å². The summed E-state index contributed by atoms with van der Waals surface area (Å²) < 4.78 is 5.40. The van der Waals surface area contributed by atoms with Crippen LogP contribution in [0.4, 0.5) is 0 Å². The van der Waals surface area contributed by atoms with Crippen LogP contribution < -0.4 is 4.74 Å². The van der Waals surface area contributed by atoms with Gasteiger partial charge in [-0.15, -0.1) is 0 Å². The van der Waals surface area contributed by atoms with Crippen molar-refractivity contribution in [1.82, 2.24) is 14.7 Å². The number of rotatable bonds is 12. The molecule has 4 rings (SSSR count). The molecule has 4 nitrogen and oxygen atoms in total. The first-order valence-electron chi connectivity index (χ1n) is 13.7. The zero-order valence-electron chi connectivity index (χ0n) is 22.9. The van der Waals surface area contributed by atoms with Crippen molar-refractivity contribution >= 4 is 5.57 Å². The fourth-order valence-electron chi connectivity index (χ4n) is 5.10. The average Bonchev–Trinajstić information content (AvgIpc) is 2.96. The summed E-state index contributed by atoms with van der Waals surface area (Å²) in [6, 6.07) is 30.4. The van der Waals surface area contributed by atoms with Gasteiger partial charge in [0.05, 0.1) is 7.11 Å². The maximum atomic E-state index is 5.40. The van der Waals surface area contributed by atoms with Crippen LogP contribution in [-0.2, 0) is 0 Å². The molecule has 1 heterocycles. The van der Waals surface area contributed by atoms with Gasteiger partial charge in [-0.05, 0) is 74.3 Å². The van der Waals surface area contributed by atoms with E-state index in [9.17, 15) is 0 Å². The largest absolute Gasteiger partial charge is 0.497 e. The Balaban J connectivity index is 1.49. The molecule has 4 heteroatoms. The molecule has 0 radical (unpaired) electrons. The van der Waals surface area contributed by atoms with Gasteiger partial charge in [0.1, 0.15) is 5.75 Å². The molecule has 3 aromatic rings. The molecular formula is C33H43N3O. The molecule has 0 amide bonds. The molecule has 0 aromatic heterocycles. The number of piperazine rings is 1. The van der Waals surface area contributed by atoms with Gasteiger partial charge in [0.2, 0.25) is 0 Å². The third kappa shape index (κ3) is 8.03. The zero-order chi connectivity index (χ0) is 25.9. The van der Waals surface area contributed by atoms with Gasteiger partial charge in [-0.25, -0.2) is 0 Å². The second-order valence-corrected chi connectivity index (χ2v) is 10.1. The standard InChI is InChI=1S/C33H43N3O/c1-28(29-16-18-32(37-3)19-17-29)36(22-11-10-21-35-26-24-34(2)25-27-35)23-20-33(30-12-6-4-7-13-30)31-14-8-5-9-15-31/h4-9,12-20,28H,10-11,21-27H2,1-3H3. The topological polar surface area (TPSA) is 19.0 Å². The van der Waals surface area contributed by atoms with E-state index >= 15 is 0 Å². The summed E-state index contributed by atoms with van der Waals surface area (Å²) in [7, 11) is 3.95. The van der Waals surface area contributed by atoms with Crippen molar-refractivity contribution in [2.45, 2.75) is 25.8 Å². The van der Waals surface area contributed by atoms with Crippen molar-refractivity contribution in [1.29, 1.82) is 0 Å². The Morgan fingerprint density at radius 1 is 0.838 bits per heavy atom. The highest BCUT2D eigenvalue weighted by molar-refractivity contribution is 5.79. The Morgan fingerprint density at radius 2 is 1.43 bits per heavy atom. The van der Waals surface area contributed by atoms with E-state index in [1.54, 1.807) is 7.11 Å². The summed E-state index contributed by atoms with van der Waals surface area (Å²) >= 11 is 0. The SMILES string of the molecule is COc1ccc(C(C)N(CC=C(c2ccccc2)c2ccccc2)CCCCN2CCN(C)CC2)cc1. The first-order valence-corrected chi connectivity index (χ1v) is 13.7. The Kier molecular flexibility index (Phi) is 10.4. The van der Waals surface area contributed by atoms with Crippen molar-refractivity contribution in [3.63, 3.8) is 0 Å². The monoisotopic (exact) mass is 497 g/mol. The van der Waals surface area contributed by atoms with Crippen LogP contribution in [0.1, 0.15) is 42.5 Å². The number of likely N-dealkylation sites (N-methyl/N-ethyl adjacent to an activating group) is 1. The second-order valence-electron chi connectivity index (χ2n) is 10.1. The number of unbranched alkanes of at least 4 members (excludes halogenated alkanes) is 1. The third-order valence-corrected chi connectivity index (χ3v) is 7.61. The van der Waals surface area contributed by atoms with Gasteiger partial charge in [-0.3, -0.25) is 4.90 Å². The number of hydrogen-bond donors (Lipinski definition) is 0. The lowest BCUT2D eigenvalue weighted by Gasteiger charge is -2.33. The van der Waals surface area contributed by atoms with E-state index in [0.29, 0.717) is 6.04 Å². The molecule has 0 spiro atoms. The van der Waals surface area contributed by atoms with Crippen LogP contribution in [0, 0.1) is 0 Å². The molecule has 1 unspecified atom stereocenters. The van der Waals surface area contributed by atoms with Gasteiger partial charge in [0.25, 0.3) is 0 Å². The summed E-state index contributed by atoms with van der Waals surface area (Å²) in [6.45, 7) is 10.3. The molecule has 1 saturated heterocycles. The Labute approximate surface area is 224 Å². The number of methoxy groups -OCH3 is 1. The molecule has 0 bridgehead atoms. The molecule has 196 valence electrons. The number of benzene rings is 3. The van der Waals surface area contributed by atoms with Crippen LogP contribution in [0.2, 0.25) is 0 Å². The van der Waals surface area contributed by atoms with Crippen LogP contribution in [-0.4, -0.2) is 74.7 Å². The summed E-state index contributed by atoms with van der Waals surface area (Å²) in [4.78, 5) is 7.68. The molecule has 1 fully saturated rings. The lowest BCUT2D eigenvalue weighted by Crippen LogP contribution is -2.44. The Hall–Kier alpha value is -2.92. The first-order chi connectivity index (χ1) is 18.1. The minimum Gasteiger partial charge on any atom is -0.497 e. The average molecular weight is 498 g/mol. The molecule has 0 N–H and O–H groups in total. The second kappa shape index (κ2) is 14.1. The highest BCUT2D eigenvalue weighted by Crippen LogP contribution is 2.26. The van der Waals surface area contributed by atoms with Crippen LogP contribution in [0.25, 0.3) is 5.57 Å². The quantitative estimate of drug-likeness (QED) is 0.277. The molecule has 0 aliphatic carbocycles. The van der Waals surface area contributed by atoms with Crippen molar-refractivity contribution < 1.29 is 4.74 Å². The Morgan fingerprint density at radius 3 is 2.00 bits per heavy atom. The maximum absolute atomic E-state index is 5.40. The lowest BCUT2D eigenvalue weighted by molar-refractivity contribution is 0.148. The van der Waals surface area contributed by atoms with E-state index in [1.807, 2.05) is 0 Å². The normalized spacial score (nSPS) is 15.5. The van der Waals surface area contributed by atoms with Crippen molar-refractivity contribution in [2.24, 2.45) is 0 Å². The fourth-order valence-corrected chi connectivity index (χ4v) is 5.10. The van der Waals surface area contributed by atoms with Crippen LogP contribution in [0.15, 0.2) is 91.0 Å². The van der Waals surface area contributed by atoms with E-state index < -0.39 is 0 Å². The lowest BCUT2D eigenvalue weighted by atomic mass is 9.97. The molecule has 1 aliphatic rings. The van der Waals surface area contributed by atoms with Gasteiger partial charge >= 0.3 is 0 Å². The summed E-state index contributed by atoms with van der Waals surface area (Å²) in [5, 5.41) is 0. The van der Waals surface area contributed by atoms with Gasteiger partial charge in [-0.1, -0.05) is 78.9 Å². The van der Waals surface area contributed by atoms with E-state index in [0.717, 1.165) is 18.8 Å². The smallest absolute Gasteiger partial charge is 0.118 e. The highest BCUT2D eigenvalue weighted by Gasteiger charge is 2.17. The Bertz CT molecular complexity index is 1030. The molecule has 0 saturated carbocycles. The minimum absolute atomic E-state index is 0.318. The van der Waals surface area contributed by atoms with Crippen LogP contribution in [0.3, 0.4) is 0 Å². The van der Waals surface area contributed by atoms with Crippen molar-refractivity contribution in [3.8, 4) is 5.75 Å². The fraction of sp³-hybridized carbons (Fsp3) is 0.394. The molecular weight excluding hydrogens is 454 g/mol. The zero-order valence-corrected chi connectivity index (χ0v) is 22.9. The van der Waals surface area contributed by atoms with Crippen molar-refractivity contribution in [3.05, 3.63) is 108 Å². The predicted molar refractivity (Wildman–Crippen MR) is 156 cm³/mol. The highest BCUT2D eigenvalue weighted by atomic mass is 16.5. The molecule has 1 aliphatic heterocycles. The van der Waals surface area contributed by atoms with E-state index in [4.69, 9.17) is 4.74 Å². The van der Waals surface area contributed by atoms with E-state index in [2.05, 4.69) is 120 Å². The third-order valence-electron chi connectivity index (χ3n) is 7.61. The molecule has 37 heavy (non-hydrogen) atoms. The number of hydrogen-bond acceptors (Lipinski definition) is 4.